The summed E-state index contributed by atoms with van der Waals surface area (Å²) in [5, 5.41) is 4.45. The molecule has 4 heteroatoms. The van der Waals surface area contributed by atoms with Gasteiger partial charge in [-0.3, -0.25) is 0 Å². The van der Waals surface area contributed by atoms with Crippen LogP contribution in [0, 0.1) is 0 Å². The number of hydrogen-bond donors (Lipinski definition) is 1. The molecular weight excluding hydrogens is 392 g/mol. The summed E-state index contributed by atoms with van der Waals surface area (Å²) in [6, 6.07) is 19.4. The zero-order valence-electron chi connectivity index (χ0n) is 14.0. The van der Waals surface area contributed by atoms with E-state index in [4.69, 9.17) is 12.2 Å². The summed E-state index contributed by atoms with van der Waals surface area (Å²) in [6.45, 7) is 0.844. The molecule has 0 saturated carbocycles. The maximum Gasteiger partial charge on any atom is 0.174 e. The summed E-state index contributed by atoms with van der Waals surface area (Å²) < 4.78 is 1.11. The van der Waals surface area contributed by atoms with Crippen LogP contribution in [0.5, 0.6) is 0 Å². The second kappa shape index (κ2) is 7.30. The summed E-state index contributed by atoms with van der Waals surface area (Å²) >= 11 is 9.37. The fraction of sp³-hybridized carbons (Fsp3) is 0.286. The van der Waals surface area contributed by atoms with Gasteiger partial charge in [-0.1, -0.05) is 58.4 Å². The molecule has 0 unspecified atom stereocenters. The van der Waals surface area contributed by atoms with Gasteiger partial charge in [-0.2, -0.15) is 0 Å². The zero-order valence-corrected chi connectivity index (χ0v) is 16.4. The normalized spacial score (nSPS) is 20.3. The van der Waals surface area contributed by atoms with Crippen molar-refractivity contribution < 1.29 is 0 Å². The highest BCUT2D eigenvalue weighted by Gasteiger charge is 2.32. The summed E-state index contributed by atoms with van der Waals surface area (Å²) in [6.07, 6.45) is 4.77. The summed E-state index contributed by atoms with van der Waals surface area (Å²) in [5.74, 6) is 0. The molecule has 128 valence electrons. The van der Waals surface area contributed by atoms with Crippen LogP contribution in [0.4, 0.5) is 0 Å². The van der Waals surface area contributed by atoms with E-state index in [1.54, 1.807) is 0 Å². The Labute approximate surface area is 163 Å². The lowest BCUT2D eigenvalue weighted by molar-refractivity contribution is 0.398. The monoisotopic (exact) mass is 412 g/mol. The number of halogens is 1. The Balaban J connectivity index is 1.71. The molecule has 2 aromatic carbocycles. The van der Waals surface area contributed by atoms with Crippen molar-refractivity contribution in [3.63, 3.8) is 0 Å². The first kappa shape index (κ1) is 16.8. The second-order valence-corrected chi connectivity index (χ2v) is 7.99. The molecule has 0 bridgehead atoms. The first-order valence-corrected chi connectivity index (χ1v) is 10.0. The second-order valence-electron chi connectivity index (χ2n) is 6.69. The van der Waals surface area contributed by atoms with E-state index in [0.29, 0.717) is 0 Å². The van der Waals surface area contributed by atoms with E-state index >= 15 is 0 Å². The molecule has 1 heterocycles. The third kappa shape index (κ3) is 3.51. The van der Waals surface area contributed by atoms with Crippen LogP contribution in [0.15, 0.2) is 70.3 Å². The van der Waals surface area contributed by atoms with E-state index in [1.165, 1.54) is 35.2 Å². The van der Waals surface area contributed by atoms with E-state index in [1.807, 2.05) is 0 Å². The molecule has 2 nitrogen and oxygen atoms in total. The van der Waals surface area contributed by atoms with E-state index in [0.717, 1.165) is 29.0 Å². The SMILES string of the molecule is S=C1N[C@@H](c2cccc(Br)c2)C2=C(CCCC2)N1Cc1ccccc1. The fourth-order valence-electron chi connectivity index (χ4n) is 3.85. The predicted octanol–water partition coefficient (Wildman–Crippen LogP) is 5.71. The molecule has 4 rings (SSSR count). The van der Waals surface area contributed by atoms with Crippen molar-refractivity contribution in [1.29, 1.82) is 0 Å². The number of rotatable bonds is 3. The molecule has 0 fully saturated rings. The molecule has 25 heavy (non-hydrogen) atoms. The molecule has 0 radical (unpaired) electrons. The summed E-state index contributed by atoms with van der Waals surface area (Å²) in [4.78, 5) is 2.31. The van der Waals surface area contributed by atoms with E-state index in [-0.39, 0.29) is 6.04 Å². The standard InChI is InChI=1S/C21H21BrN2S/c22-17-10-6-9-16(13-17)20-18-11-4-5-12-19(18)24(21(25)23-20)14-15-7-2-1-3-8-15/h1-3,6-10,13,20H,4-5,11-12,14H2,(H,23,25)/t20-/m0/s1. The smallest absolute Gasteiger partial charge is 0.174 e. The first-order chi connectivity index (χ1) is 12.2. The van der Waals surface area contributed by atoms with Crippen LogP contribution in [0.2, 0.25) is 0 Å². The minimum Gasteiger partial charge on any atom is -0.352 e. The molecule has 0 amide bonds. The number of benzene rings is 2. The quantitative estimate of drug-likeness (QED) is 0.649. The molecule has 1 aliphatic carbocycles. The van der Waals surface area contributed by atoms with Crippen LogP contribution in [-0.4, -0.2) is 10.0 Å². The van der Waals surface area contributed by atoms with Gasteiger partial charge < -0.3 is 10.2 Å². The highest BCUT2D eigenvalue weighted by atomic mass is 79.9. The van der Waals surface area contributed by atoms with E-state index in [9.17, 15) is 0 Å². The highest BCUT2D eigenvalue weighted by Crippen LogP contribution is 2.39. The van der Waals surface area contributed by atoms with Crippen molar-refractivity contribution >= 4 is 33.3 Å². The topological polar surface area (TPSA) is 15.3 Å². The van der Waals surface area contributed by atoms with Gasteiger partial charge in [0, 0.05) is 16.7 Å². The zero-order chi connectivity index (χ0) is 17.2. The van der Waals surface area contributed by atoms with E-state index < -0.39 is 0 Å². The maximum absolute atomic E-state index is 5.77. The van der Waals surface area contributed by atoms with Crippen LogP contribution >= 0.6 is 28.1 Å². The number of hydrogen-bond acceptors (Lipinski definition) is 1. The number of nitrogens with zero attached hydrogens (tertiary/aromatic N) is 1. The Bertz CT molecular complexity index is 816. The van der Waals surface area contributed by atoms with Crippen LogP contribution in [0.3, 0.4) is 0 Å². The minimum atomic E-state index is 0.201. The number of nitrogens with one attached hydrogen (secondary N) is 1. The molecule has 2 aliphatic rings. The van der Waals surface area contributed by atoms with Crippen LogP contribution in [0.1, 0.15) is 42.9 Å². The Morgan fingerprint density at radius 2 is 1.84 bits per heavy atom. The van der Waals surface area contributed by atoms with Gasteiger partial charge >= 0.3 is 0 Å². The Kier molecular flexibility index (Phi) is 4.91. The lowest BCUT2D eigenvalue weighted by atomic mass is 9.85. The third-order valence-electron chi connectivity index (χ3n) is 5.03. The Morgan fingerprint density at radius 3 is 2.64 bits per heavy atom. The van der Waals surface area contributed by atoms with Crippen molar-refractivity contribution in [3.8, 4) is 0 Å². The van der Waals surface area contributed by atoms with Crippen LogP contribution < -0.4 is 5.32 Å². The molecule has 0 spiro atoms. The maximum atomic E-state index is 5.77. The van der Waals surface area contributed by atoms with Crippen LogP contribution in [0.25, 0.3) is 0 Å². The third-order valence-corrected chi connectivity index (χ3v) is 5.86. The van der Waals surface area contributed by atoms with E-state index in [2.05, 4.69) is 80.7 Å². The van der Waals surface area contributed by atoms with Gasteiger partial charge in [0.05, 0.1) is 6.04 Å². The molecule has 2 aromatic rings. The van der Waals surface area contributed by atoms with Crippen molar-refractivity contribution in [1.82, 2.24) is 10.2 Å². The average Bonchev–Trinajstić information content (AvgIpc) is 2.64. The van der Waals surface area contributed by atoms with Gasteiger partial charge in [0.15, 0.2) is 5.11 Å². The van der Waals surface area contributed by atoms with Gasteiger partial charge in [0.1, 0.15) is 0 Å². The van der Waals surface area contributed by atoms with Crippen molar-refractivity contribution in [3.05, 3.63) is 81.5 Å². The first-order valence-electron chi connectivity index (χ1n) is 8.82. The summed E-state index contributed by atoms with van der Waals surface area (Å²) in [5.41, 5.74) is 5.52. The lowest BCUT2D eigenvalue weighted by Gasteiger charge is -2.42. The van der Waals surface area contributed by atoms with Gasteiger partial charge in [0.25, 0.3) is 0 Å². The number of allylic oxidation sites excluding steroid dienone is 1. The average molecular weight is 413 g/mol. The number of thiocarbonyl (C=S) groups is 1. The van der Waals surface area contributed by atoms with Gasteiger partial charge in [0.2, 0.25) is 0 Å². The Morgan fingerprint density at radius 1 is 1.04 bits per heavy atom. The molecule has 1 aliphatic heterocycles. The molecule has 0 saturated heterocycles. The van der Waals surface area contributed by atoms with Gasteiger partial charge in [-0.15, -0.1) is 0 Å². The minimum absolute atomic E-state index is 0.201. The molecule has 1 N–H and O–H groups in total. The highest BCUT2D eigenvalue weighted by molar-refractivity contribution is 9.10. The van der Waals surface area contributed by atoms with Crippen molar-refractivity contribution in [2.75, 3.05) is 0 Å². The molecule has 0 aromatic heterocycles. The van der Waals surface area contributed by atoms with Gasteiger partial charge in [-0.05, 0) is 66.7 Å². The predicted molar refractivity (Wildman–Crippen MR) is 110 cm³/mol. The van der Waals surface area contributed by atoms with Crippen molar-refractivity contribution in [2.24, 2.45) is 0 Å². The molecule has 1 atom stereocenters. The molecular formula is C21H21BrN2S. The Hall–Kier alpha value is -1.65. The lowest BCUT2D eigenvalue weighted by Crippen LogP contribution is -2.47. The van der Waals surface area contributed by atoms with Crippen molar-refractivity contribution in [2.45, 2.75) is 38.3 Å². The fourth-order valence-corrected chi connectivity index (χ4v) is 4.56. The summed E-state index contributed by atoms with van der Waals surface area (Å²) in [7, 11) is 0. The van der Waals surface area contributed by atoms with Crippen LogP contribution in [-0.2, 0) is 6.54 Å². The largest absolute Gasteiger partial charge is 0.352 e. The van der Waals surface area contributed by atoms with Gasteiger partial charge in [-0.25, -0.2) is 0 Å².